The second-order valence-corrected chi connectivity index (χ2v) is 5.04. The Hall–Kier alpha value is -1.29. The van der Waals surface area contributed by atoms with Crippen LogP contribution in [0.3, 0.4) is 0 Å². The summed E-state index contributed by atoms with van der Waals surface area (Å²) in [5, 5.41) is 3.03. The van der Waals surface area contributed by atoms with E-state index in [2.05, 4.69) is 5.32 Å². The molecule has 4 nitrogen and oxygen atoms in total. The van der Waals surface area contributed by atoms with Crippen LogP contribution in [0.5, 0.6) is 0 Å². The molecule has 0 aliphatic carbocycles. The predicted octanol–water partition coefficient (Wildman–Crippen LogP) is 2.63. The highest BCUT2D eigenvalue weighted by Gasteiger charge is 2.08. The second-order valence-electron chi connectivity index (χ2n) is 5.04. The molecule has 1 atom stereocenters. The summed E-state index contributed by atoms with van der Waals surface area (Å²) in [5.41, 5.74) is 5.42. The van der Waals surface area contributed by atoms with E-state index in [0.29, 0.717) is 6.42 Å². The lowest BCUT2D eigenvalue weighted by atomic mass is 10.1. The smallest absolute Gasteiger partial charge is 0.220 e. The number of carbonyl (C=O) groups excluding carboxylic acids is 1. The van der Waals surface area contributed by atoms with E-state index >= 15 is 0 Å². The molecule has 4 heteroatoms. The van der Waals surface area contributed by atoms with Crippen LogP contribution < -0.4 is 11.1 Å². The third-order valence-corrected chi connectivity index (χ3v) is 3.17. The van der Waals surface area contributed by atoms with E-state index in [1.807, 2.05) is 19.1 Å². The van der Waals surface area contributed by atoms with Crippen LogP contribution in [0.4, 0.5) is 0 Å². The fraction of sp³-hybridized carbons (Fsp3) is 0.667. The van der Waals surface area contributed by atoms with Gasteiger partial charge in [-0.05, 0) is 44.9 Å². The fourth-order valence-electron chi connectivity index (χ4n) is 2.02. The molecule has 1 heterocycles. The first-order valence-electron chi connectivity index (χ1n) is 7.24. The lowest BCUT2D eigenvalue weighted by molar-refractivity contribution is -0.121. The summed E-state index contributed by atoms with van der Waals surface area (Å²) in [6, 6.07) is 4.05. The maximum atomic E-state index is 11.7. The highest BCUT2D eigenvalue weighted by atomic mass is 16.3. The summed E-state index contributed by atoms with van der Waals surface area (Å²) < 4.78 is 5.27. The van der Waals surface area contributed by atoms with Gasteiger partial charge in [-0.1, -0.05) is 12.8 Å². The molecule has 0 spiro atoms. The van der Waals surface area contributed by atoms with Gasteiger partial charge in [0.25, 0.3) is 0 Å². The van der Waals surface area contributed by atoms with Crippen LogP contribution in [0.1, 0.15) is 51.2 Å². The monoisotopic (exact) mass is 266 g/mol. The average Bonchev–Trinajstić information content (AvgIpc) is 2.89. The van der Waals surface area contributed by atoms with Crippen molar-refractivity contribution in [3.05, 3.63) is 24.2 Å². The highest BCUT2D eigenvalue weighted by Crippen LogP contribution is 2.07. The van der Waals surface area contributed by atoms with Crippen molar-refractivity contribution in [3.63, 3.8) is 0 Å². The van der Waals surface area contributed by atoms with Crippen LogP contribution in [-0.2, 0) is 11.2 Å². The van der Waals surface area contributed by atoms with Gasteiger partial charge in [-0.15, -0.1) is 0 Å². The molecule has 1 rings (SSSR count). The van der Waals surface area contributed by atoms with Gasteiger partial charge in [-0.25, -0.2) is 0 Å². The van der Waals surface area contributed by atoms with Gasteiger partial charge in [-0.3, -0.25) is 4.79 Å². The summed E-state index contributed by atoms with van der Waals surface area (Å²) in [5.74, 6) is 1.13. The van der Waals surface area contributed by atoms with E-state index < -0.39 is 0 Å². The Bertz CT molecular complexity index is 336. The molecular formula is C15H26N2O2. The zero-order chi connectivity index (χ0) is 13.9. The third kappa shape index (κ3) is 7.67. The quantitative estimate of drug-likeness (QED) is 0.640. The van der Waals surface area contributed by atoms with Crippen molar-refractivity contribution in [2.24, 2.45) is 5.73 Å². The Morgan fingerprint density at radius 3 is 2.84 bits per heavy atom. The summed E-state index contributed by atoms with van der Waals surface area (Å²) >= 11 is 0. The Morgan fingerprint density at radius 1 is 1.37 bits per heavy atom. The molecular weight excluding hydrogens is 240 g/mol. The molecule has 0 fully saturated rings. The van der Waals surface area contributed by atoms with Crippen LogP contribution in [-0.4, -0.2) is 18.5 Å². The molecule has 19 heavy (non-hydrogen) atoms. The van der Waals surface area contributed by atoms with Crippen LogP contribution in [0.25, 0.3) is 0 Å². The Kier molecular flexibility index (Phi) is 7.98. The number of aryl methyl sites for hydroxylation is 1. The number of hydrogen-bond acceptors (Lipinski definition) is 3. The van der Waals surface area contributed by atoms with E-state index in [0.717, 1.165) is 50.8 Å². The number of carbonyl (C=O) groups is 1. The molecule has 0 aliphatic heterocycles. The van der Waals surface area contributed by atoms with Gasteiger partial charge in [0.2, 0.25) is 5.91 Å². The normalized spacial score (nSPS) is 12.3. The number of nitrogens with one attached hydrogen (secondary N) is 1. The van der Waals surface area contributed by atoms with Crippen molar-refractivity contribution in [2.75, 3.05) is 6.54 Å². The number of amides is 1. The minimum absolute atomic E-state index is 0.152. The van der Waals surface area contributed by atoms with Crippen LogP contribution in [0.15, 0.2) is 22.8 Å². The lowest BCUT2D eigenvalue weighted by Gasteiger charge is -2.13. The first kappa shape index (κ1) is 15.8. The Morgan fingerprint density at radius 2 is 2.16 bits per heavy atom. The van der Waals surface area contributed by atoms with Gasteiger partial charge >= 0.3 is 0 Å². The summed E-state index contributed by atoms with van der Waals surface area (Å²) in [4.78, 5) is 11.7. The minimum atomic E-state index is 0.152. The van der Waals surface area contributed by atoms with E-state index in [9.17, 15) is 4.79 Å². The van der Waals surface area contributed by atoms with Gasteiger partial charge in [0, 0.05) is 18.9 Å². The first-order chi connectivity index (χ1) is 9.22. The zero-order valence-corrected chi connectivity index (χ0v) is 11.9. The van der Waals surface area contributed by atoms with Crippen molar-refractivity contribution < 1.29 is 9.21 Å². The maximum absolute atomic E-state index is 11.7. The molecule has 0 saturated carbocycles. The standard InChI is InChI=1S/C15H26N2O2/c1-13(9-10-14-7-6-12-19-14)17-15(18)8-4-2-3-5-11-16/h6-7,12-13H,2-5,8-11,16H2,1H3,(H,17,18). The molecule has 0 bridgehead atoms. The summed E-state index contributed by atoms with van der Waals surface area (Å²) in [6.45, 7) is 2.78. The molecule has 1 aromatic rings. The van der Waals surface area contributed by atoms with Gasteiger partial charge in [0.05, 0.1) is 6.26 Å². The first-order valence-corrected chi connectivity index (χ1v) is 7.24. The number of unbranched alkanes of at least 4 members (excludes halogenated alkanes) is 3. The lowest BCUT2D eigenvalue weighted by Crippen LogP contribution is -2.32. The molecule has 0 aromatic carbocycles. The Labute approximate surface area is 115 Å². The molecule has 3 N–H and O–H groups in total. The van der Waals surface area contributed by atoms with Crippen molar-refractivity contribution in [1.29, 1.82) is 0 Å². The van der Waals surface area contributed by atoms with E-state index in [1.54, 1.807) is 6.26 Å². The topological polar surface area (TPSA) is 68.3 Å². The van der Waals surface area contributed by atoms with E-state index in [-0.39, 0.29) is 11.9 Å². The Balaban J connectivity index is 2.04. The predicted molar refractivity (Wildman–Crippen MR) is 76.8 cm³/mol. The molecule has 1 aromatic heterocycles. The fourth-order valence-corrected chi connectivity index (χ4v) is 2.02. The van der Waals surface area contributed by atoms with Crippen molar-refractivity contribution in [3.8, 4) is 0 Å². The van der Waals surface area contributed by atoms with Crippen LogP contribution in [0, 0.1) is 0 Å². The summed E-state index contributed by atoms with van der Waals surface area (Å²) in [7, 11) is 0. The molecule has 108 valence electrons. The van der Waals surface area contributed by atoms with Crippen LogP contribution >= 0.6 is 0 Å². The minimum Gasteiger partial charge on any atom is -0.469 e. The number of furan rings is 1. The highest BCUT2D eigenvalue weighted by molar-refractivity contribution is 5.76. The van der Waals surface area contributed by atoms with Gasteiger partial charge < -0.3 is 15.5 Å². The average molecular weight is 266 g/mol. The molecule has 1 unspecified atom stereocenters. The SMILES string of the molecule is CC(CCc1ccco1)NC(=O)CCCCCCN. The van der Waals surface area contributed by atoms with Crippen molar-refractivity contribution in [1.82, 2.24) is 5.32 Å². The van der Waals surface area contributed by atoms with E-state index in [4.69, 9.17) is 10.2 Å². The van der Waals surface area contributed by atoms with Crippen molar-refractivity contribution in [2.45, 2.75) is 57.9 Å². The number of rotatable bonds is 10. The summed E-state index contributed by atoms with van der Waals surface area (Å²) in [6.07, 6.45) is 8.30. The molecule has 0 saturated heterocycles. The largest absolute Gasteiger partial charge is 0.469 e. The molecule has 0 aliphatic rings. The number of hydrogen-bond donors (Lipinski definition) is 2. The number of nitrogens with two attached hydrogens (primary N) is 1. The van der Waals surface area contributed by atoms with Gasteiger partial charge in [0.15, 0.2) is 0 Å². The maximum Gasteiger partial charge on any atom is 0.220 e. The van der Waals surface area contributed by atoms with Crippen molar-refractivity contribution >= 4 is 5.91 Å². The van der Waals surface area contributed by atoms with Gasteiger partial charge in [0.1, 0.15) is 5.76 Å². The molecule has 1 amide bonds. The van der Waals surface area contributed by atoms with Gasteiger partial charge in [-0.2, -0.15) is 0 Å². The van der Waals surface area contributed by atoms with E-state index in [1.165, 1.54) is 0 Å². The van der Waals surface area contributed by atoms with Crippen LogP contribution in [0.2, 0.25) is 0 Å². The zero-order valence-electron chi connectivity index (χ0n) is 11.9. The second kappa shape index (κ2) is 9.62. The molecule has 0 radical (unpaired) electrons. The third-order valence-electron chi connectivity index (χ3n) is 3.17.